The lowest BCUT2D eigenvalue weighted by molar-refractivity contribution is 1.16. The SMILES string of the molecule is Cc1csc(Sc2ccc(C#N)c(C)c2)n1. The second-order valence-corrected chi connectivity index (χ2v) is 5.62. The minimum Gasteiger partial charge on any atom is -0.235 e. The summed E-state index contributed by atoms with van der Waals surface area (Å²) in [7, 11) is 0. The average Bonchev–Trinajstić information content (AvgIpc) is 2.64. The second kappa shape index (κ2) is 4.69. The summed E-state index contributed by atoms with van der Waals surface area (Å²) in [5.74, 6) is 0. The Morgan fingerprint density at radius 2 is 2.19 bits per heavy atom. The topological polar surface area (TPSA) is 36.7 Å². The van der Waals surface area contributed by atoms with Crippen LogP contribution in [-0.2, 0) is 0 Å². The molecule has 1 aromatic carbocycles. The number of nitriles is 1. The molecule has 0 aliphatic heterocycles. The summed E-state index contributed by atoms with van der Waals surface area (Å²) in [5, 5.41) is 10.9. The molecule has 0 fully saturated rings. The lowest BCUT2D eigenvalue weighted by atomic mass is 10.1. The maximum atomic E-state index is 8.84. The largest absolute Gasteiger partial charge is 0.235 e. The Labute approximate surface area is 103 Å². The van der Waals surface area contributed by atoms with E-state index in [-0.39, 0.29) is 0 Å². The van der Waals surface area contributed by atoms with E-state index in [4.69, 9.17) is 5.26 Å². The van der Waals surface area contributed by atoms with Crippen molar-refractivity contribution in [1.82, 2.24) is 4.98 Å². The summed E-state index contributed by atoms with van der Waals surface area (Å²) in [6.07, 6.45) is 0. The number of thiazole rings is 1. The number of nitrogens with zero attached hydrogens (tertiary/aromatic N) is 2. The Hall–Kier alpha value is -1.31. The van der Waals surface area contributed by atoms with Gasteiger partial charge in [-0.05, 0) is 37.6 Å². The molecule has 0 atom stereocenters. The van der Waals surface area contributed by atoms with Gasteiger partial charge in [0.1, 0.15) is 0 Å². The summed E-state index contributed by atoms with van der Waals surface area (Å²) in [6.45, 7) is 3.94. The van der Waals surface area contributed by atoms with Crippen LogP contribution in [0.1, 0.15) is 16.8 Å². The van der Waals surface area contributed by atoms with Crippen molar-refractivity contribution < 1.29 is 0 Å². The fourth-order valence-electron chi connectivity index (χ4n) is 1.31. The summed E-state index contributed by atoms with van der Waals surface area (Å²) < 4.78 is 1.04. The molecule has 0 saturated heterocycles. The Bertz CT molecular complexity index is 552. The molecule has 0 spiro atoms. The van der Waals surface area contributed by atoms with Crippen LogP contribution in [0, 0.1) is 25.2 Å². The molecule has 2 nitrogen and oxygen atoms in total. The molecular weight excluding hydrogens is 236 g/mol. The van der Waals surface area contributed by atoms with E-state index in [1.807, 2.05) is 37.4 Å². The standard InChI is InChI=1S/C12H10N2S2/c1-8-5-11(4-3-10(8)6-13)16-12-14-9(2)7-15-12/h3-5,7H,1-2H3. The first-order chi connectivity index (χ1) is 7.69. The van der Waals surface area contributed by atoms with Gasteiger partial charge in [-0.3, -0.25) is 0 Å². The molecule has 0 saturated carbocycles. The molecular formula is C12H10N2S2. The lowest BCUT2D eigenvalue weighted by Crippen LogP contribution is -1.82. The van der Waals surface area contributed by atoms with E-state index in [2.05, 4.69) is 11.1 Å². The third-order valence-electron chi connectivity index (χ3n) is 2.12. The van der Waals surface area contributed by atoms with Crippen LogP contribution >= 0.6 is 23.1 Å². The third-order valence-corrected chi connectivity index (χ3v) is 4.17. The third kappa shape index (κ3) is 2.43. The highest BCUT2D eigenvalue weighted by Crippen LogP contribution is 2.31. The van der Waals surface area contributed by atoms with E-state index in [0.29, 0.717) is 0 Å². The van der Waals surface area contributed by atoms with Gasteiger partial charge >= 0.3 is 0 Å². The van der Waals surface area contributed by atoms with E-state index in [1.54, 1.807) is 23.1 Å². The van der Waals surface area contributed by atoms with Gasteiger partial charge in [0, 0.05) is 16.0 Å². The van der Waals surface area contributed by atoms with E-state index in [1.165, 1.54) is 0 Å². The zero-order valence-corrected chi connectivity index (χ0v) is 10.7. The molecule has 4 heteroatoms. The molecule has 0 unspecified atom stereocenters. The summed E-state index contributed by atoms with van der Waals surface area (Å²) in [6, 6.07) is 8.02. The van der Waals surface area contributed by atoms with Crippen LogP contribution in [0.3, 0.4) is 0 Å². The first-order valence-electron chi connectivity index (χ1n) is 4.80. The molecule has 0 amide bonds. The van der Waals surface area contributed by atoms with Crippen molar-refractivity contribution in [3.63, 3.8) is 0 Å². The Morgan fingerprint density at radius 3 is 2.75 bits per heavy atom. The quantitative estimate of drug-likeness (QED) is 0.809. The number of rotatable bonds is 2. The van der Waals surface area contributed by atoms with Gasteiger partial charge in [-0.15, -0.1) is 11.3 Å². The number of benzene rings is 1. The minimum atomic E-state index is 0.736. The van der Waals surface area contributed by atoms with Gasteiger partial charge in [0.2, 0.25) is 0 Å². The zero-order valence-electron chi connectivity index (χ0n) is 9.02. The summed E-state index contributed by atoms with van der Waals surface area (Å²) in [4.78, 5) is 5.53. The van der Waals surface area contributed by atoms with Crippen LogP contribution in [0.4, 0.5) is 0 Å². The number of hydrogen-bond acceptors (Lipinski definition) is 4. The fourth-order valence-corrected chi connectivity index (χ4v) is 3.21. The van der Waals surface area contributed by atoms with Crippen LogP contribution in [0.2, 0.25) is 0 Å². The first-order valence-corrected chi connectivity index (χ1v) is 6.49. The number of aryl methyl sites for hydroxylation is 2. The molecule has 0 aliphatic carbocycles. The van der Waals surface area contributed by atoms with Crippen LogP contribution in [0.25, 0.3) is 0 Å². The molecule has 0 bridgehead atoms. The predicted octanol–water partition coefficient (Wildman–Crippen LogP) is 3.78. The maximum absolute atomic E-state index is 8.84. The Balaban J connectivity index is 2.23. The molecule has 2 aromatic rings. The van der Waals surface area contributed by atoms with Crippen LogP contribution in [0.5, 0.6) is 0 Å². The summed E-state index contributed by atoms with van der Waals surface area (Å²) in [5.41, 5.74) is 2.80. The van der Waals surface area contributed by atoms with Gasteiger partial charge < -0.3 is 0 Å². The lowest BCUT2D eigenvalue weighted by Gasteiger charge is -2.01. The monoisotopic (exact) mass is 246 g/mol. The molecule has 80 valence electrons. The predicted molar refractivity (Wildman–Crippen MR) is 66.9 cm³/mol. The van der Waals surface area contributed by atoms with E-state index >= 15 is 0 Å². The smallest absolute Gasteiger partial charge is 0.154 e. The molecule has 0 radical (unpaired) electrons. The van der Waals surface area contributed by atoms with Crippen LogP contribution in [-0.4, -0.2) is 4.98 Å². The molecule has 0 N–H and O–H groups in total. The van der Waals surface area contributed by atoms with Gasteiger partial charge in [0.25, 0.3) is 0 Å². The fraction of sp³-hybridized carbons (Fsp3) is 0.167. The zero-order chi connectivity index (χ0) is 11.5. The van der Waals surface area contributed by atoms with Crippen molar-refractivity contribution in [3.05, 3.63) is 40.4 Å². The van der Waals surface area contributed by atoms with Gasteiger partial charge in [-0.1, -0.05) is 11.8 Å². The number of aromatic nitrogens is 1. The average molecular weight is 246 g/mol. The Kier molecular flexibility index (Phi) is 3.28. The highest BCUT2D eigenvalue weighted by Gasteiger charge is 2.04. The number of hydrogen-bond donors (Lipinski definition) is 0. The van der Waals surface area contributed by atoms with Crippen molar-refractivity contribution in [3.8, 4) is 6.07 Å². The van der Waals surface area contributed by atoms with Gasteiger partial charge in [0.05, 0.1) is 11.6 Å². The maximum Gasteiger partial charge on any atom is 0.154 e. The highest BCUT2D eigenvalue weighted by atomic mass is 32.2. The van der Waals surface area contributed by atoms with Crippen molar-refractivity contribution in [2.45, 2.75) is 23.1 Å². The van der Waals surface area contributed by atoms with Crippen LogP contribution in [0.15, 0.2) is 32.8 Å². The van der Waals surface area contributed by atoms with E-state index in [0.717, 1.165) is 26.1 Å². The molecule has 1 heterocycles. The van der Waals surface area contributed by atoms with Crippen molar-refractivity contribution in [2.75, 3.05) is 0 Å². The van der Waals surface area contributed by atoms with Gasteiger partial charge in [0.15, 0.2) is 4.34 Å². The second-order valence-electron chi connectivity index (χ2n) is 3.45. The van der Waals surface area contributed by atoms with Crippen molar-refractivity contribution in [2.24, 2.45) is 0 Å². The minimum absolute atomic E-state index is 0.736. The Morgan fingerprint density at radius 1 is 1.38 bits per heavy atom. The molecule has 0 aliphatic rings. The van der Waals surface area contributed by atoms with Gasteiger partial charge in [-0.2, -0.15) is 5.26 Å². The molecule has 2 rings (SSSR count). The van der Waals surface area contributed by atoms with Crippen molar-refractivity contribution >= 4 is 23.1 Å². The van der Waals surface area contributed by atoms with Gasteiger partial charge in [-0.25, -0.2) is 4.98 Å². The van der Waals surface area contributed by atoms with Crippen molar-refractivity contribution in [1.29, 1.82) is 5.26 Å². The van der Waals surface area contributed by atoms with E-state index < -0.39 is 0 Å². The highest BCUT2D eigenvalue weighted by molar-refractivity contribution is 8.01. The first kappa shape index (κ1) is 11.2. The summed E-state index contributed by atoms with van der Waals surface area (Å²) >= 11 is 3.29. The molecule has 1 aromatic heterocycles. The normalized spacial score (nSPS) is 10.1. The van der Waals surface area contributed by atoms with E-state index in [9.17, 15) is 0 Å². The molecule has 16 heavy (non-hydrogen) atoms. The van der Waals surface area contributed by atoms with Crippen LogP contribution < -0.4 is 0 Å².